The number of rotatable bonds is 4. The van der Waals surface area contributed by atoms with Gasteiger partial charge < -0.3 is 4.74 Å². The number of hydrogen-bond donors (Lipinski definition) is 0. The minimum Gasteiger partial charge on any atom is -0.468 e. The standard InChI is InChI=1S/C9H8ClNO4S/c1-15-8(12)5-16-7-4-2-3-6(10)9(7)11(13)14/h2-4H,5H2,1H3. The van der Waals surface area contributed by atoms with Crippen LogP contribution in [0.3, 0.4) is 0 Å². The van der Waals surface area contributed by atoms with Gasteiger partial charge in [-0.05, 0) is 12.1 Å². The Hall–Kier alpha value is -1.27. The highest BCUT2D eigenvalue weighted by molar-refractivity contribution is 8.00. The van der Waals surface area contributed by atoms with Crippen LogP contribution in [0.4, 0.5) is 5.69 Å². The molecule has 0 aliphatic rings. The number of carbonyl (C=O) groups excluding carboxylic acids is 1. The third kappa shape index (κ3) is 3.11. The van der Waals surface area contributed by atoms with Crippen molar-refractivity contribution in [2.24, 2.45) is 0 Å². The highest BCUT2D eigenvalue weighted by Gasteiger charge is 2.19. The van der Waals surface area contributed by atoms with Crippen molar-refractivity contribution in [1.82, 2.24) is 0 Å². The largest absolute Gasteiger partial charge is 0.468 e. The van der Waals surface area contributed by atoms with E-state index >= 15 is 0 Å². The molecule has 0 aliphatic heterocycles. The SMILES string of the molecule is COC(=O)CSc1cccc(Cl)c1[N+](=O)[O-]. The van der Waals surface area contributed by atoms with Gasteiger partial charge in [0.15, 0.2) is 0 Å². The number of nitro benzene ring substituents is 1. The third-order valence-corrected chi connectivity index (χ3v) is 3.03. The predicted octanol–water partition coefficient (Wildman–Crippen LogP) is 2.51. The smallest absolute Gasteiger partial charge is 0.315 e. The molecule has 0 unspecified atom stereocenters. The molecule has 0 radical (unpaired) electrons. The predicted molar refractivity (Wildman–Crippen MR) is 60.8 cm³/mol. The molecular weight excluding hydrogens is 254 g/mol. The fourth-order valence-corrected chi connectivity index (χ4v) is 2.17. The third-order valence-electron chi connectivity index (χ3n) is 1.71. The van der Waals surface area contributed by atoms with Crippen LogP contribution in [0.25, 0.3) is 0 Å². The van der Waals surface area contributed by atoms with Crippen LogP contribution in [0, 0.1) is 10.1 Å². The van der Waals surface area contributed by atoms with Crippen molar-refractivity contribution >= 4 is 35.0 Å². The van der Waals surface area contributed by atoms with Gasteiger partial charge in [-0.2, -0.15) is 0 Å². The average molecular weight is 262 g/mol. The van der Waals surface area contributed by atoms with E-state index in [4.69, 9.17) is 11.6 Å². The van der Waals surface area contributed by atoms with Gasteiger partial charge >= 0.3 is 11.7 Å². The second kappa shape index (κ2) is 5.72. The summed E-state index contributed by atoms with van der Waals surface area (Å²) in [6, 6.07) is 4.56. The number of benzene rings is 1. The van der Waals surface area contributed by atoms with E-state index in [1.165, 1.54) is 19.2 Å². The Labute approximate surface area is 101 Å². The van der Waals surface area contributed by atoms with Crippen molar-refractivity contribution in [2.45, 2.75) is 4.90 Å². The van der Waals surface area contributed by atoms with Crippen LogP contribution in [-0.4, -0.2) is 23.8 Å². The number of esters is 1. The van der Waals surface area contributed by atoms with E-state index in [1.54, 1.807) is 6.07 Å². The summed E-state index contributed by atoms with van der Waals surface area (Å²) in [4.78, 5) is 21.4. The molecule has 0 bridgehead atoms. The van der Waals surface area contributed by atoms with Gasteiger partial charge in [-0.25, -0.2) is 0 Å². The quantitative estimate of drug-likeness (QED) is 0.360. The average Bonchev–Trinajstić information content (AvgIpc) is 2.25. The lowest BCUT2D eigenvalue weighted by Crippen LogP contribution is -2.03. The maximum Gasteiger partial charge on any atom is 0.315 e. The van der Waals surface area contributed by atoms with Crippen molar-refractivity contribution < 1.29 is 14.5 Å². The Morgan fingerprint density at radius 2 is 2.31 bits per heavy atom. The van der Waals surface area contributed by atoms with Gasteiger partial charge in [-0.15, -0.1) is 11.8 Å². The van der Waals surface area contributed by atoms with Crippen LogP contribution >= 0.6 is 23.4 Å². The van der Waals surface area contributed by atoms with Crippen LogP contribution in [-0.2, 0) is 9.53 Å². The summed E-state index contributed by atoms with van der Waals surface area (Å²) in [6.45, 7) is 0. The van der Waals surface area contributed by atoms with Crippen LogP contribution in [0.2, 0.25) is 5.02 Å². The van der Waals surface area contributed by atoms with Gasteiger partial charge in [-0.1, -0.05) is 17.7 Å². The van der Waals surface area contributed by atoms with Crippen molar-refractivity contribution in [3.8, 4) is 0 Å². The normalized spacial score (nSPS) is 9.88. The molecule has 0 fully saturated rings. The lowest BCUT2D eigenvalue weighted by atomic mass is 10.3. The van der Waals surface area contributed by atoms with Crippen molar-refractivity contribution in [3.05, 3.63) is 33.3 Å². The first-order valence-electron chi connectivity index (χ1n) is 4.18. The second-order valence-electron chi connectivity index (χ2n) is 2.71. The number of carbonyl (C=O) groups is 1. The maximum atomic E-state index is 10.9. The Balaban J connectivity index is 2.91. The number of halogens is 1. The molecule has 7 heteroatoms. The van der Waals surface area contributed by atoms with Crippen LogP contribution in [0.1, 0.15) is 0 Å². The molecule has 0 saturated carbocycles. The van der Waals surface area contributed by atoms with Crippen LogP contribution < -0.4 is 0 Å². The number of hydrogen-bond acceptors (Lipinski definition) is 5. The molecule has 0 N–H and O–H groups in total. The molecule has 1 aromatic carbocycles. The molecule has 1 rings (SSSR count). The molecule has 0 amide bonds. The topological polar surface area (TPSA) is 69.4 Å². The highest BCUT2D eigenvalue weighted by atomic mass is 35.5. The molecule has 86 valence electrons. The number of ether oxygens (including phenoxy) is 1. The molecule has 0 aliphatic carbocycles. The van der Waals surface area contributed by atoms with Gasteiger partial charge in [0.2, 0.25) is 0 Å². The zero-order chi connectivity index (χ0) is 12.1. The zero-order valence-corrected chi connectivity index (χ0v) is 9.88. The summed E-state index contributed by atoms with van der Waals surface area (Å²) < 4.78 is 4.44. The van der Waals surface area contributed by atoms with Gasteiger partial charge in [0.25, 0.3) is 0 Å². The summed E-state index contributed by atoms with van der Waals surface area (Å²) in [6.07, 6.45) is 0. The minimum atomic E-state index is -0.568. The Bertz CT molecular complexity index is 424. The fourth-order valence-electron chi connectivity index (χ4n) is 0.985. The van der Waals surface area contributed by atoms with E-state index in [1.807, 2.05) is 0 Å². The highest BCUT2D eigenvalue weighted by Crippen LogP contribution is 2.34. The Morgan fingerprint density at radius 3 is 2.88 bits per heavy atom. The lowest BCUT2D eigenvalue weighted by molar-refractivity contribution is -0.387. The first-order valence-corrected chi connectivity index (χ1v) is 5.55. The first-order chi connectivity index (χ1) is 7.56. The molecule has 5 nitrogen and oxygen atoms in total. The van der Waals surface area contributed by atoms with Gasteiger partial charge in [0.1, 0.15) is 5.02 Å². The molecule has 0 heterocycles. The van der Waals surface area contributed by atoms with Crippen molar-refractivity contribution in [1.29, 1.82) is 0 Å². The van der Waals surface area contributed by atoms with E-state index in [2.05, 4.69) is 4.74 Å². The number of para-hydroxylation sites is 1. The summed E-state index contributed by atoms with van der Waals surface area (Å²) in [7, 11) is 1.26. The summed E-state index contributed by atoms with van der Waals surface area (Å²) >= 11 is 6.72. The molecule has 0 aromatic heterocycles. The minimum absolute atomic E-state index is 0.0116. The molecule has 16 heavy (non-hydrogen) atoms. The molecule has 1 aromatic rings. The van der Waals surface area contributed by atoms with E-state index in [0.29, 0.717) is 4.90 Å². The summed E-state index contributed by atoms with van der Waals surface area (Å²) in [5.41, 5.74) is -0.182. The van der Waals surface area contributed by atoms with Crippen molar-refractivity contribution in [2.75, 3.05) is 12.9 Å². The van der Waals surface area contributed by atoms with Crippen LogP contribution in [0.15, 0.2) is 23.1 Å². The van der Waals surface area contributed by atoms with E-state index in [0.717, 1.165) is 11.8 Å². The van der Waals surface area contributed by atoms with Crippen LogP contribution in [0.5, 0.6) is 0 Å². The monoisotopic (exact) mass is 261 g/mol. The fraction of sp³-hybridized carbons (Fsp3) is 0.222. The van der Waals surface area contributed by atoms with Gasteiger partial charge in [0.05, 0.1) is 22.7 Å². The molecule has 0 atom stereocenters. The van der Waals surface area contributed by atoms with Crippen molar-refractivity contribution in [3.63, 3.8) is 0 Å². The first kappa shape index (κ1) is 12.8. The van der Waals surface area contributed by atoms with E-state index in [9.17, 15) is 14.9 Å². The van der Waals surface area contributed by atoms with E-state index < -0.39 is 10.9 Å². The molecule has 0 spiro atoms. The second-order valence-corrected chi connectivity index (χ2v) is 4.13. The lowest BCUT2D eigenvalue weighted by Gasteiger charge is -2.03. The summed E-state index contributed by atoms with van der Waals surface area (Å²) in [5, 5.41) is 10.8. The number of nitro groups is 1. The molecular formula is C9H8ClNO4S. The van der Waals surface area contributed by atoms with E-state index in [-0.39, 0.29) is 16.5 Å². The zero-order valence-electron chi connectivity index (χ0n) is 8.31. The number of nitrogens with zero attached hydrogens (tertiary/aromatic N) is 1. The number of thioether (sulfide) groups is 1. The van der Waals surface area contributed by atoms with Gasteiger partial charge in [-0.3, -0.25) is 14.9 Å². The summed E-state index contributed by atoms with van der Waals surface area (Å²) in [5.74, 6) is -0.434. The maximum absolute atomic E-state index is 10.9. The Morgan fingerprint density at radius 1 is 1.62 bits per heavy atom. The number of methoxy groups -OCH3 is 1. The Kier molecular flexibility index (Phi) is 4.57. The molecule has 0 saturated heterocycles. The van der Waals surface area contributed by atoms with Gasteiger partial charge in [0, 0.05) is 0 Å².